The third-order valence-electron chi connectivity index (χ3n) is 3.21. The summed E-state index contributed by atoms with van der Waals surface area (Å²) in [6.45, 7) is 7.98. The van der Waals surface area contributed by atoms with Gasteiger partial charge in [-0.2, -0.15) is 0 Å². The van der Waals surface area contributed by atoms with Crippen LogP contribution >= 0.6 is 15.9 Å². The molecule has 0 spiro atoms. The highest BCUT2D eigenvalue weighted by molar-refractivity contribution is 9.10. The van der Waals surface area contributed by atoms with Crippen LogP contribution in [0.2, 0.25) is 0 Å². The molecule has 1 aromatic rings. The number of guanidine groups is 1. The Morgan fingerprint density at radius 1 is 1.26 bits per heavy atom. The van der Waals surface area contributed by atoms with Crippen LogP contribution in [0.25, 0.3) is 0 Å². The fourth-order valence-electron chi connectivity index (χ4n) is 2.01. The monoisotopic (exact) mass is 387 g/mol. The van der Waals surface area contributed by atoms with E-state index in [0.29, 0.717) is 4.47 Å². The van der Waals surface area contributed by atoms with Gasteiger partial charge in [0, 0.05) is 32.8 Å². The predicted molar refractivity (Wildman–Crippen MR) is 97.5 cm³/mol. The molecule has 0 fully saturated rings. The highest BCUT2D eigenvalue weighted by Crippen LogP contribution is 2.16. The van der Waals surface area contributed by atoms with E-state index >= 15 is 0 Å². The largest absolute Gasteiger partial charge is 0.382 e. The molecule has 0 aromatic heterocycles. The number of benzene rings is 1. The third-order valence-corrected chi connectivity index (χ3v) is 3.81. The average molecular weight is 388 g/mol. The maximum Gasteiger partial charge on any atom is 0.191 e. The predicted octanol–water partition coefficient (Wildman–Crippen LogP) is 3.50. The molecule has 0 saturated carbocycles. The Kier molecular flexibility index (Phi) is 10.6. The lowest BCUT2D eigenvalue weighted by Crippen LogP contribution is -2.38. The number of nitrogens with zero attached hydrogens (tertiary/aromatic N) is 1. The highest BCUT2D eigenvalue weighted by atomic mass is 79.9. The molecule has 6 heteroatoms. The molecule has 1 rings (SSSR count). The van der Waals surface area contributed by atoms with E-state index in [2.05, 4.69) is 31.6 Å². The molecule has 0 aliphatic rings. The van der Waals surface area contributed by atoms with Crippen molar-refractivity contribution in [2.24, 2.45) is 4.99 Å². The molecule has 0 unspecified atom stereocenters. The molecule has 130 valence electrons. The first-order valence-corrected chi connectivity index (χ1v) is 9.00. The number of aliphatic imine (C=N–C) groups is 1. The Morgan fingerprint density at radius 3 is 2.78 bits per heavy atom. The zero-order valence-corrected chi connectivity index (χ0v) is 15.6. The lowest BCUT2D eigenvalue weighted by atomic mass is 10.1. The average Bonchev–Trinajstić information content (AvgIpc) is 2.54. The Labute approximate surface area is 147 Å². The number of ether oxygens (including phenoxy) is 1. The topological polar surface area (TPSA) is 45.7 Å². The van der Waals surface area contributed by atoms with Crippen LogP contribution in [0.5, 0.6) is 0 Å². The van der Waals surface area contributed by atoms with Crippen molar-refractivity contribution in [3.8, 4) is 0 Å². The van der Waals surface area contributed by atoms with Crippen molar-refractivity contribution in [3.05, 3.63) is 34.1 Å². The number of rotatable bonds is 10. The maximum absolute atomic E-state index is 13.2. The Morgan fingerprint density at radius 2 is 2.09 bits per heavy atom. The fourth-order valence-corrected chi connectivity index (χ4v) is 2.44. The summed E-state index contributed by atoms with van der Waals surface area (Å²) in [6, 6.07) is 5.10. The minimum absolute atomic E-state index is 0.233. The third kappa shape index (κ3) is 8.91. The highest BCUT2D eigenvalue weighted by Gasteiger charge is 2.01. The summed E-state index contributed by atoms with van der Waals surface area (Å²) in [5.74, 6) is 0.591. The van der Waals surface area contributed by atoms with Gasteiger partial charge in [0.2, 0.25) is 0 Å². The van der Waals surface area contributed by atoms with Crippen LogP contribution in [-0.2, 0) is 11.2 Å². The van der Waals surface area contributed by atoms with Crippen molar-refractivity contribution in [2.75, 3.05) is 32.8 Å². The molecular weight excluding hydrogens is 361 g/mol. The van der Waals surface area contributed by atoms with E-state index in [1.165, 1.54) is 6.07 Å². The molecular formula is C17H27BrFN3O. The van der Waals surface area contributed by atoms with Gasteiger partial charge < -0.3 is 15.4 Å². The first kappa shape index (κ1) is 19.9. The van der Waals surface area contributed by atoms with Gasteiger partial charge in [-0.3, -0.25) is 4.99 Å². The summed E-state index contributed by atoms with van der Waals surface area (Å²) >= 11 is 3.21. The molecule has 0 amide bonds. The SMILES string of the molecule is CCNC(=NCCCCOCC)NCCc1ccc(F)c(Br)c1. The first-order chi connectivity index (χ1) is 11.2. The van der Waals surface area contributed by atoms with Crippen LogP contribution in [0, 0.1) is 5.82 Å². The number of nitrogens with one attached hydrogen (secondary N) is 2. The van der Waals surface area contributed by atoms with Gasteiger partial charge in [0.1, 0.15) is 5.82 Å². The van der Waals surface area contributed by atoms with Crippen molar-refractivity contribution >= 4 is 21.9 Å². The van der Waals surface area contributed by atoms with Crippen LogP contribution in [0.3, 0.4) is 0 Å². The number of hydrogen-bond acceptors (Lipinski definition) is 2. The summed E-state index contributed by atoms with van der Waals surface area (Å²) in [4.78, 5) is 4.54. The van der Waals surface area contributed by atoms with Crippen LogP contribution in [0.15, 0.2) is 27.7 Å². The van der Waals surface area contributed by atoms with Crippen LogP contribution < -0.4 is 10.6 Å². The van der Waals surface area contributed by atoms with Crippen molar-refractivity contribution in [1.29, 1.82) is 0 Å². The lowest BCUT2D eigenvalue weighted by molar-refractivity contribution is 0.144. The molecule has 0 aliphatic heterocycles. The van der Waals surface area contributed by atoms with E-state index in [1.54, 1.807) is 6.07 Å². The van der Waals surface area contributed by atoms with Gasteiger partial charge in [0.15, 0.2) is 5.96 Å². The minimum atomic E-state index is -0.233. The summed E-state index contributed by atoms with van der Waals surface area (Å²) < 4.78 is 19.0. The smallest absolute Gasteiger partial charge is 0.191 e. The van der Waals surface area contributed by atoms with E-state index in [1.807, 2.05) is 19.9 Å². The molecule has 0 atom stereocenters. The van der Waals surface area contributed by atoms with Gasteiger partial charge in [0.05, 0.1) is 4.47 Å². The van der Waals surface area contributed by atoms with Gasteiger partial charge in [-0.15, -0.1) is 0 Å². The van der Waals surface area contributed by atoms with E-state index in [4.69, 9.17) is 4.74 Å². The summed E-state index contributed by atoms with van der Waals surface area (Å²) in [7, 11) is 0. The first-order valence-electron chi connectivity index (χ1n) is 8.21. The quantitative estimate of drug-likeness (QED) is 0.366. The fraction of sp³-hybridized carbons (Fsp3) is 0.588. The summed E-state index contributed by atoms with van der Waals surface area (Å²) in [6.07, 6.45) is 2.86. The standard InChI is InChI=1S/C17H27BrFN3O/c1-3-20-17(21-10-5-6-12-23-4-2)22-11-9-14-7-8-16(19)15(18)13-14/h7-8,13H,3-6,9-12H2,1-2H3,(H2,20,21,22). The van der Waals surface area contributed by atoms with Crippen LogP contribution in [0.4, 0.5) is 4.39 Å². The zero-order chi connectivity index (χ0) is 16.9. The molecule has 0 saturated heterocycles. The summed E-state index contributed by atoms with van der Waals surface area (Å²) in [5.41, 5.74) is 1.08. The van der Waals surface area contributed by atoms with Gasteiger partial charge in [0.25, 0.3) is 0 Å². The van der Waals surface area contributed by atoms with Gasteiger partial charge in [-0.1, -0.05) is 6.07 Å². The van der Waals surface area contributed by atoms with Crippen LogP contribution in [0.1, 0.15) is 32.3 Å². The Hall–Kier alpha value is -1.14. The molecule has 0 radical (unpaired) electrons. The summed E-state index contributed by atoms with van der Waals surface area (Å²) in [5, 5.41) is 6.53. The molecule has 4 nitrogen and oxygen atoms in total. The van der Waals surface area contributed by atoms with Crippen molar-refractivity contribution < 1.29 is 9.13 Å². The van der Waals surface area contributed by atoms with Crippen molar-refractivity contribution in [1.82, 2.24) is 10.6 Å². The zero-order valence-electron chi connectivity index (χ0n) is 14.0. The van der Waals surface area contributed by atoms with Crippen molar-refractivity contribution in [2.45, 2.75) is 33.1 Å². The molecule has 0 bridgehead atoms. The molecule has 0 aliphatic carbocycles. The molecule has 1 aromatic carbocycles. The maximum atomic E-state index is 13.2. The number of halogens is 2. The van der Waals surface area contributed by atoms with Gasteiger partial charge in [-0.25, -0.2) is 4.39 Å². The van der Waals surface area contributed by atoms with E-state index in [0.717, 1.165) is 63.6 Å². The van der Waals surface area contributed by atoms with E-state index in [-0.39, 0.29) is 5.82 Å². The molecule has 2 N–H and O–H groups in total. The second kappa shape index (κ2) is 12.3. The lowest BCUT2D eigenvalue weighted by Gasteiger charge is -2.11. The molecule has 23 heavy (non-hydrogen) atoms. The Bertz CT molecular complexity index is 483. The van der Waals surface area contributed by atoms with Crippen molar-refractivity contribution in [3.63, 3.8) is 0 Å². The number of hydrogen-bond donors (Lipinski definition) is 2. The normalized spacial score (nSPS) is 11.6. The molecule has 0 heterocycles. The van der Waals surface area contributed by atoms with E-state index in [9.17, 15) is 4.39 Å². The second-order valence-electron chi connectivity index (χ2n) is 5.09. The van der Waals surface area contributed by atoms with E-state index < -0.39 is 0 Å². The van der Waals surface area contributed by atoms with Gasteiger partial charge >= 0.3 is 0 Å². The minimum Gasteiger partial charge on any atom is -0.382 e. The Balaban J connectivity index is 2.32. The number of unbranched alkanes of at least 4 members (excludes halogenated alkanes) is 1. The second-order valence-corrected chi connectivity index (χ2v) is 5.94. The van der Waals surface area contributed by atoms with Gasteiger partial charge in [-0.05, 0) is 66.7 Å². The van der Waals surface area contributed by atoms with Crippen LogP contribution in [-0.4, -0.2) is 38.8 Å².